The van der Waals surface area contributed by atoms with E-state index in [9.17, 15) is 0 Å². The van der Waals surface area contributed by atoms with E-state index >= 15 is 0 Å². The minimum atomic E-state index is -0.224. The Bertz CT molecular complexity index is 8260. The van der Waals surface area contributed by atoms with Crippen LogP contribution in [0.2, 0.25) is 0 Å². The molecule has 0 radical (unpaired) electrons. The Morgan fingerprint density at radius 3 is 0.705 bits per heavy atom. The normalized spacial score (nSPS) is 22.7. The van der Waals surface area contributed by atoms with Crippen LogP contribution in [-0.2, 0) is 65.0 Å². The van der Waals surface area contributed by atoms with Gasteiger partial charge in [0.2, 0.25) is 0 Å². The molecule has 0 bridgehead atoms. The van der Waals surface area contributed by atoms with Crippen molar-refractivity contribution in [3.05, 3.63) is 267 Å². The molecule has 132 heavy (non-hydrogen) atoms. The number of ether oxygens (including phenoxy) is 4. The number of rotatable bonds is 4. The zero-order valence-electron chi connectivity index (χ0n) is 80.4. The largest absolute Gasteiger partial charge is 0.660 e. The molecule has 16 nitrogen and oxygen atoms in total. The highest BCUT2D eigenvalue weighted by Crippen LogP contribution is 2.71. The fraction of sp³-hybridized carbons (Fsp3) is 0.379. The molecule has 0 amide bonds. The van der Waals surface area contributed by atoms with E-state index in [4.69, 9.17) is 77.2 Å². The number of hydrogen-bond donors (Lipinski definition) is 0. The van der Waals surface area contributed by atoms with Crippen LogP contribution in [0.1, 0.15) is 273 Å². The lowest BCUT2D eigenvalue weighted by Gasteiger charge is -2.46. The molecule has 26 rings (SSSR count). The van der Waals surface area contributed by atoms with Gasteiger partial charge >= 0.3 is 0 Å². The van der Waals surface area contributed by atoms with E-state index in [0.29, 0.717) is 22.3 Å². The monoisotopic (exact) mass is 1740 g/mol. The van der Waals surface area contributed by atoms with Crippen molar-refractivity contribution < 1.29 is 36.6 Å². The number of nitrogens with zero attached hydrogens (tertiary/aromatic N) is 8. The van der Waals surface area contributed by atoms with Crippen LogP contribution in [0.5, 0.6) is 23.0 Å². The van der Waals surface area contributed by atoms with E-state index in [-0.39, 0.29) is 65.0 Å². The van der Waals surface area contributed by atoms with Crippen LogP contribution >= 0.6 is 0 Å². The summed E-state index contributed by atoms with van der Waals surface area (Å²) in [4.78, 5) is 31.8. The van der Waals surface area contributed by atoms with E-state index in [1.165, 1.54) is 111 Å². The molecule has 6 heterocycles. The number of fused-ring (bicyclic) bond motifs is 28. The second-order valence-electron chi connectivity index (χ2n) is 46.3. The van der Waals surface area contributed by atoms with Gasteiger partial charge in [-0.2, -0.15) is 44.8 Å². The van der Waals surface area contributed by atoms with Crippen LogP contribution in [0, 0.1) is 27.7 Å². The molecule has 5 aromatic heterocycles. The third kappa shape index (κ3) is 11.1. The number of aromatic nitrogens is 6. The van der Waals surface area contributed by atoms with Crippen molar-refractivity contribution in [1.29, 1.82) is 0 Å². The number of hydrogen-bond acceptors (Lipinski definition) is 10. The molecule has 0 saturated heterocycles. The summed E-state index contributed by atoms with van der Waals surface area (Å²) in [6, 6.07) is 53.2. The van der Waals surface area contributed by atoms with E-state index in [1.807, 2.05) is 24.3 Å². The lowest BCUT2D eigenvalue weighted by Crippen LogP contribution is -2.27. The number of benzene rings is 12. The van der Waals surface area contributed by atoms with Crippen LogP contribution in [0.15, 0.2) is 163 Å². The van der Waals surface area contributed by atoms with E-state index < -0.39 is 0 Å². The van der Waals surface area contributed by atoms with Gasteiger partial charge in [0.25, 0.3) is 0 Å². The molecule has 670 valence electrons. The Labute approximate surface area is 769 Å². The fourth-order valence-corrected chi connectivity index (χ4v) is 28.2. The summed E-state index contributed by atoms with van der Waals surface area (Å²) in [6.45, 7) is 46.6. The van der Waals surface area contributed by atoms with Gasteiger partial charge in [-0.25, -0.2) is 9.97 Å². The molecule has 17 aromatic rings. The summed E-state index contributed by atoms with van der Waals surface area (Å²) in [6.07, 6.45) is 7.86. The molecular weight excluding hydrogens is 1630 g/mol. The van der Waals surface area contributed by atoms with Crippen LogP contribution in [-0.4, -0.2) is 38.4 Å². The molecule has 8 aliphatic carbocycles. The first-order chi connectivity index (χ1) is 62.4. The summed E-state index contributed by atoms with van der Waals surface area (Å²) < 4.78 is 50.7. The quantitative estimate of drug-likeness (QED) is 0.151. The highest BCUT2D eigenvalue weighted by molar-refractivity contribution is 6.01. The number of aryl methyl sites for hydroxylation is 4. The van der Waals surface area contributed by atoms with Crippen molar-refractivity contribution in [2.75, 3.05) is 28.4 Å². The van der Waals surface area contributed by atoms with Gasteiger partial charge < -0.3 is 67.2 Å². The number of methoxy groups -OCH3 is 4. The van der Waals surface area contributed by atoms with Gasteiger partial charge in [0.15, 0.2) is 67.7 Å². The van der Waals surface area contributed by atoms with E-state index in [1.54, 1.807) is 28.4 Å². The Balaban J connectivity index is 0.000000142. The molecule has 1 aliphatic heterocycles. The molecule has 0 N–H and O–H groups in total. The molecule has 12 aromatic carbocycles. The average Bonchev–Trinajstić information content (AvgIpc) is 1.54. The van der Waals surface area contributed by atoms with Gasteiger partial charge in [-0.1, -0.05) is 159 Å². The van der Waals surface area contributed by atoms with Crippen molar-refractivity contribution >= 4 is 134 Å². The Morgan fingerprint density at radius 1 is 0.212 bits per heavy atom. The van der Waals surface area contributed by atoms with Gasteiger partial charge in [0, 0.05) is 21.7 Å². The third-order valence-corrected chi connectivity index (χ3v) is 33.7. The van der Waals surface area contributed by atoms with Crippen molar-refractivity contribution in [3.63, 3.8) is 0 Å². The smallest absolute Gasteiger partial charge is 0.170 e. The first-order valence-electron chi connectivity index (χ1n) is 47.2. The zero-order valence-corrected chi connectivity index (χ0v) is 80.4. The van der Waals surface area contributed by atoms with E-state index in [2.05, 4.69) is 260 Å². The molecule has 9 aliphatic rings. The third-order valence-electron chi connectivity index (χ3n) is 33.7. The van der Waals surface area contributed by atoms with Gasteiger partial charge in [-0.05, 0) is 331 Å². The van der Waals surface area contributed by atoms with Crippen LogP contribution in [0.4, 0.5) is 22.7 Å². The Morgan fingerprint density at radius 2 is 0.394 bits per heavy atom. The van der Waals surface area contributed by atoms with Crippen molar-refractivity contribution in [3.8, 4) is 23.0 Å². The molecule has 4 atom stereocenters. The maximum absolute atomic E-state index is 6.88. The summed E-state index contributed by atoms with van der Waals surface area (Å²) in [7, 11) is 6.87. The first kappa shape index (κ1) is 81.4. The summed E-state index contributed by atoms with van der Waals surface area (Å²) in [5, 5.41) is 10.4. The lowest BCUT2D eigenvalue weighted by molar-refractivity contribution is 0.347. The molecule has 4 spiro atoms. The van der Waals surface area contributed by atoms with Gasteiger partial charge in [0.05, 0.1) is 50.5 Å². The molecule has 16 heteroatoms. The standard InChI is InChI=1S/2C58H56N4O4/c2*1-29-13-39-40(14-30(29)2)60-43-17-35-31(15-41(43)59-39)53(3,4)25-57(35)26-54(5,6)32-16-42-44(18-36(32)57)62-46-24-52-51(23-45(46)61-42)65-49-20-34-38(22-50(49)66-52)58(28-56(34,9)10)27-55(7,8)33-19-47(63-11)48(64-12)21-37(33)58/h2*13-24H,25-28H2,1-12H3/q-4;-2. The predicted octanol–water partition coefficient (Wildman–Crippen LogP) is 29.0. The highest BCUT2D eigenvalue weighted by atomic mass is 16.5. The highest BCUT2D eigenvalue weighted by Gasteiger charge is 2.62. The van der Waals surface area contributed by atoms with Crippen molar-refractivity contribution in [1.82, 2.24) is 29.9 Å². The Kier molecular flexibility index (Phi) is 15.9. The maximum atomic E-state index is 6.88. The average molecular weight is 1750 g/mol. The molecule has 4 unspecified atom stereocenters. The first-order valence-corrected chi connectivity index (χ1v) is 47.2. The van der Waals surface area contributed by atoms with Crippen LogP contribution in [0.25, 0.3) is 121 Å². The topological polar surface area (TPSA) is 200 Å². The SMILES string of the molecule is COc1cc2c(cc1OC)C1(CC2(C)C)CC(C)(C)c2cc3oc4cc5[n-]c6cc7c(cc6[n-]c5cc4oc3cc21)C1(CC(C)(C)c2cc3c(cc21)[N-]c1cc(C)c(C)cc1[N-]3)CC7(C)C.COc1cc2c(cc1OC)C1(CC2(C)C)CC(C)(C)c2cc3oc4cc5[n-]c6cc7c(cc6[n-]c5cc4oc3cc21)C1(CC(C)(C)c2cc3nc4cc(C)c(C)cc4nc3cc21)CC7(C)C. The van der Waals surface area contributed by atoms with Gasteiger partial charge in [-0.3, -0.25) is 0 Å². The molecule has 0 fully saturated rings. The minimum absolute atomic E-state index is 0.0644. The maximum Gasteiger partial charge on any atom is 0.170 e. The summed E-state index contributed by atoms with van der Waals surface area (Å²) >= 11 is 0. The fourth-order valence-electron chi connectivity index (χ4n) is 28.2. The Hall–Kier alpha value is -12.6. The van der Waals surface area contributed by atoms with Crippen molar-refractivity contribution in [2.24, 2.45) is 0 Å². The summed E-state index contributed by atoms with van der Waals surface area (Å²) in [5.41, 5.74) is 44.5. The van der Waals surface area contributed by atoms with Crippen molar-refractivity contribution in [2.45, 2.75) is 255 Å². The minimum Gasteiger partial charge on any atom is -0.660 e. The predicted molar refractivity (Wildman–Crippen MR) is 528 cm³/mol. The van der Waals surface area contributed by atoms with E-state index in [0.717, 1.165) is 186 Å². The second kappa shape index (κ2) is 25.8. The summed E-state index contributed by atoms with van der Waals surface area (Å²) in [5.74, 6) is 3.05. The molecular formula is C116H112N8O8-6. The zero-order chi connectivity index (χ0) is 91.7. The van der Waals surface area contributed by atoms with Crippen LogP contribution in [0.3, 0.4) is 0 Å². The second-order valence-corrected chi connectivity index (χ2v) is 46.3. The lowest BCUT2D eigenvalue weighted by atomic mass is 9.72. The molecule has 0 saturated carbocycles. The van der Waals surface area contributed by atoms with Gasteiger partial charge in [-0.15, -0.1) is 22.1 Å². The van der Waals surface area contributed by atoms with Crippen LogP contribution < -0.4 is 38.9 Å². The van der Waals surface area contributed by atoms with Gasteiger partial charge in [0.1, 0.15) is 0 Å².